The van der Waals surface area contributed by atoms with Crippen molar-refractivity contribution in [3.05, 3.63) is 74.8 Å². The zero-order valence-corrected chi connectivity index (χ0v) is 19.2. The second-order valence-corrected chi connectivity index (χ2v) is 9.48. The molecule has 0 saturated carbocycles. The average molecular weight is 474 g/mol. The van der Waals surface area contributed by atoms with Crippen LogP contribution in [0.25, 0.3) is 4.96 Å². The van der Waals surface area contributed by atoms with Crippen LogP contribution in [-0.2, 0) is 0 Å². The summed E-state index contributed by atoms with van der Waals surface area (Å²) in [5.74, 6) is 0.795. The van der Waals surface area contributed by atoms with Gasteiger partial charge in [-0.15, -0.1) is 5.10 Å². The molecule has 0 amide bonds. The normalized spacial score (nSPS) is 16.2. The van der Waals surface area contributed by atoms with Crippen molar-refractivity contribution < 1.29 is 5.11 Å². The number of nitrogens with zero attached hydrogens (tertiary/aromatic N) is 5. The molecule has 0 radical (unpaired) electrons. The summed E-state index contributed by atoms with van der Waals surface area (Å²) in [6, 6.07) is 15.7. The van der Waals surface area contributed by atoms with Crippen molar-refractivity contribution in [3.8, 4) is 5.88 Å². The van der Waals surface area contributed by atoms with Crippen molar-refractivity contribution in [2.24, 2.45) is 0 Å². The number of aryl methyl sites for hydroxylation is 1. The van der Waals surface area contributed by atoms with E-state index < -0.39 is 0 Å². The van der Waals surface area contributed by atoms with E-state index in [9.17, 15) is 5.11 Å². The Labute approximate surface area is 194 Å². The number of benzene rings is 2. The predicted molar refractivity (Wildman–Crippen MR) is 126 cm³/mol. The third kappa shape index (κ3) is 3.99. The summed E-state index contributed by atoms with van der Waals surface area (Å²) >= 11 is 13.8. The highest BCUT2D eigenvalue weighted by molar-refractivity contribution is 7.17. The summed E-state index contributed by atoms with van der Waals surface area (Å²) in [7, 11) is 0. The lowest BCUT2D eigenvalue weighted by Crippen LogP contribution is -2.47. The van der Waals surface area contributed by atoms with Gasteiger partial charge in [-0.25, -0.2) is 4.98 Å². The summed E-state index contributed by atoms with van der Waals surface area (Å²) in [6.45, 7) is 5.23. The van der Waals surface area contributed by atoms with Crippen molar-refractivity contribution in [1.29, 1.82) is 0 Å². The maximum atomic E-state index is 11.0. The fourth-order valence-electron chi connectivity index (χ4n) is 4.11. The summed E-state index contributed by atoms with van der Waals surface area (Å²) < 4.78 is 1.53. The van der Waals surface area contributed by atoms with Crippen molar-refractivity contribution >= 4 is 45.2 Å². The molecule has 1 atom stereocenters. The molecule has 5 rings (SSSR count). The van der Waals surface area contributed by atoms with Gasteiger partial charge in [0.2, 0.25) is 10.8 Å². The number of hydrogen-bond donors (Lipinski definition) is 1. The minimum Gasteiger partial charge on any atom is -0.492 e. The van der Waals surface area contributed by atoms with E-state index in [2.05, 4.69) is 25.9 Å². The Morgan fingerprint density at radius 2 is 1.74 bits per heavy atom. The molecule has 1 unspecified atom stereocenters. The largest absolute Gasteiger partial charge is 0.492 e. The molecule has 9 heteroatoms. The van der Waals surface area contributed by atoms with Crippen LogP contribution < -0.4 is 4.90 Å². The third-order valence-corrected chi connectivity index (χ3v) is 7.15. The highest BCUT2D eigenvalue weighted by Crippen LogP contribution is 2.40. The molecule has 6 nitrogen and oxygen atoms in total. The topological polar surface area (TPSA) is 56.9 Å². The Morgan fingerprint density at radius 3 is 2.42 bits per heavy atom. The van der Waals surface area contributed by atoms with Crippen LogP contribution in [0.3, 0.4) is 0 Å². The maximum absolute atomic E-state index is 11.0. The molecule has 1 aliphatic heterocycles. The number of aromatic nitrogens is 3. The first kappa shape index (κ1) is 20.6. The Hall–Kier alpha value is -2.32. The highest BCUT2D eigenvalue weighted by atomic mass is 35.5. The fraction of sp³-hybridized carbons (Fsp3) is 0.273. The number of fused-ring (bicyclic) bond motifs is 1. The van der Waals surface area contributed by atoms with Gasteiger partial charge in [-0.1, -0.05) is 52.7 Å². The molecule has 0 bridgehead atoms. The van der Waals surface area contributed by atoms with Crippen LogP contribution in [0, 0.1) is 6.92 Å². The zero-order chi connectivity index (χ0) is 21.5. The first-order valence-corrected chi connectivity index (χ1v) is 11.6. The first-order chi connectivity index (χ1) is 15.0. The average Bonchev–Trinajstić information content (AvgIpc) is 3.27. The summed E-state index contributed by atoms with van der Waals surface area (Å²) in [5.41, 5.74) is 2.21. The molecule has 3 heterocycles. The second-order valence-electron chi connectivity index (χ2n) is 7.60. The molecule has 0 aliphatic carbocycles. The van der Waals surface area contributed by atoms with E-state index in [1.165, 1.54) is 15.9 Å². The lowest BCUT2D eigenvalue weighted by Gasteiger charge is -2.40. The Bertz CT molecular complexity index is 1210. The van der Waals surface area contributed by atoms with Crippen molar-refractivity contribution in [1.82, 2.24) is 19.5 Å². The van der Waals surface area contributed by atoms with Gasteiger partial charge in [0.1, 0.15) is 5.82 Å². The number of anilines is 1. The standard InChI is InChI=1S/C22H21Cl2N5OS/c1-14-25-22-29(26-14)21(30)20(31-22)19(15-5-7-16(23)8-6-15)28-11-9-27(10-12-28)18-4-2-3-17(24)13-18/h2-8,13,19,30H,9-12H2,1H3. The fourth-order valence-corrected chi connectivity index (χ4v) is 5.58. The molecular weight excluding hydrogens is 453 g/mol. The van der Waals surface area contributed by atoms with Crippen LogP contribution in [0.2, 0.25) is 10.0 Å². The number of halogens is 2. The number of hydrogen-bond acceptors (Lipinski definition) is 6. The van der Waals surface area contributed by atoms with Crippen LogP contribution in [0.4, 0.5) is 5.69 Å². The predicted octanol–water partition coefficient (Wildman–Crippen LogP) is 5.02. The van der Waals surface area contributed by atoms with Crippen LogP contribution in [0.15, 0.2) is 48.5 Å². The Kier molecular flexibility index (Phi) is 5.52. The Balaban J connectivity index is 1.47. The van der Waals surface area contributed by atoms with Crippen molar-refractivity contribution in [2.75, 3.05) is 31.1 Å². The van der Waals surface area contributed by atoms with Crippen molar-refractivity contribution in [2.45, 2.75) is 13.0 Å². The van der Waals surface area contributed by atoms with Gasteiger partial charge in [-0.2, -0.15) is 4.52 Å². The van der Waals surface area contributed by atoms with E-state index in [0.29, 0.717) is 15.8 Å². The molecule has 1 fully saturated rings. The van der Waals surface area contributed by atoms with Gasteiger partial charge >= 0.3 is 0 Å². The van der Waals surface area contributed by atoms with Gasteiger partial charge in [-0.05, 0) is 42.8 Å². The van der Waals surface area contributed by atoms with Crippen LogP contribution >= 0.6 is 34.5 Å². The highest BCUT2D eigenvalue weighted by Gasteiger charge is 2.31. The molecule has 160 valence electrons. The molecule has 1 aliphatic rings. The van der Waals surface area contributed by atoms with E-state index in [-0.39, 0.29) is 11.9 Å². The SMILES string of the molecule is Cc1nc2sc(C(c3ccc(Cl)cc3)N3CCN(c4cccc(Cl)c4)CC3)c(O)n2n1. The van der Waals surface area contributed by atoms with Gasteiger partial charge in [0.25, 0.3) is 0 Å². The third-order valence-electron chi connectivity index (χ3n) is 5.59. The molecular formula is C22H21Cl2N5OS. The number of piperazine rings is 1. The van der Waals surface area contributed by atoms with Gasteiger partial charge in [0.05, 0.1) is 10.9 Å². The van der Waals surface area contributed by atoms with Gasteiger partial charge in [0.15, 0.2) is 0 Å². The Morgan fingerprint density at radius 1 is 1.00 bits per heavy atom. The van der Waals surface area contributed by atoms with E-state index in [0.717, 1.165) is 47.3 Å². The molecule has 4 aromatic rings. The number of rotatable bonds is 4. The summed E-state index contributed by atoms with van der Waals surface area (Å²) in [5, 5.41) is 16.7. The minimum atomic E-state index is -0.104. The van der Waals surface area contributed by atoms with Crippen LogP contribution in [0.1, 0.15) is 22.3 Å². The molecule has 1 saturated heterocycles. The quantitative estimate of drug-likeness (QED) is 0.450. The first-order valence-electron chi connectivity index (χ1n) is 10.0. The van der Waals surface area contributed by atoms with E-state index in [4.69, 9.17) is 23.2 Å². The number of aromatic hydroxyl groups is 1. The van der Waals surface area contributed by atoms with Crippen LogP contribution in [-0.4, -0.2) is 50.8 Å². The van der Waals surface area contributed by atoms with E-state index >= 15 is 0 Å². The molecule has 31 heavy (non-hydrogen) atoms. The van der Waals surface area contributed by atoms with Gasteiger partial charge < -0.3 is 10.0 Å². The summed E-state index contributed by atoms with van der Waals surface area (Å²) in [6.07, 6.45) is 0. The van der Waals surface area contributed by atoms with Gasteiger partial charge in [0, 0.05) is 41.9 Å². The van der Waals surface area contributed by atoms with Crippen molar-refractivity contribution in [3.63, 3.8) is 0 Å². The molecule has 0 spiro atoms. The molecule has 1 N–H and O–H groups in total. The summed E-state index contributed by atoms with van der Waals surface area (Å²) in [4.78, 5) is 10.7. The second kappa shape index (κ2) is 8.31. The number of thiazole rings is 1. The van der Waals surface area contributed by atoms with E-state index in [1.807, 2.05) is 49.4 Å². The van der Waals surface area contributed by atoms with Crippen LogP contribution in [0.5, 0.6) is 5.88 Å². The monoisotopic (exact) mass is 473 g/mol. The maximum Gasteiger partial charge on any atom is 0.230 e. The lowest BCUT2D eigenvalue weighted by atomic mass is 10.0. The smallest absolute Gasteiger partial charge is 0.230 e. The molecule has 2 aromatic carbocycles. The molecule has 2 aromatic heterocycles. The minimum absolute atomic E-state index is 0.104. The van der Waals surface area contributed by atoms with Gasteiger partial charge in [-0.3, -0.25) is 4.90 Å². The zero-order valence-electron chi connectivity index (χ0n) is 16.9. The van der Waals surface area contributed by atoms with E-state index in [1.54, 1.807) is 0 Å². The lowest BCUT2D eigenvalue weighted by molar-refractivity contribution is 0.211.